The largest absolute Gasteiger partial charge is 0.477 e. The van der Waals surface area contributed by atoms with E-state index in [1.165, 1.54) is 12.5 Å². The number of nitrogens with zero attached hydrogens (tertiary/aromatic N) is 1. The number of rotatable bonds is 8. The molecule has 2 heterocycles. The number of aromatic amines is 1. The molecule has 2 saturated carbocycles. The summed E-state index contributed by atoms with van der Waals surface area (Å²) < 4.78 is 19.3. The summed E-state index contributed by atoms with van der Waals surface area (Å²) in [6.07, 6.45) is 8.09. The minimum absolute atomic E-state index is 0.0176. The van der Waals surface area contributed by atoms with Gasteiger partial charge in [-0.05, 0) is 94.9 Å². The molecule has 45 heavy (non-hydrogen) atoms. The number of carboxylic acids is 1. The number of likely N-dealkylation sites (tertiary alicyclic amines) is 1. The molecule has 11 heteroatoms. The first-order chi connectivity index (χ1) is 21.4. The molecule has 0 radical (unpaired) electrons. The summed E-state index contributed by atoms with van der Waals surface area (Å²) in [6.45, 7) is 5.11. The number of carbonyl (C=O) groups excluding carboxylic acids is 3. The normalized spacial score (nSPS) is 25.1. The number of carboxylic acid groups (broad SMARTS) is 1. The predicted molar refractivity (Wildman–Crippen MR) is 169 cm³/mol. The van der Waals surface area contributed by atoms with Gasteiger partial charge in [-0.15, -0.1) is 0 Å². The molecule has 0 spiro atoms. The van der Waals surface area contributed by atoms with Crippen molar-refractivity contribution in [2.75, 3.05) is 18.5 Å². The van der Waals surface area contributed by atoms with Crippen molar-refractivity contribution >= 4 is 40.5 Å². The quantitative estimate of drug-likeness (QED) is 0.272. The first-order valence-corrected chi connectivity index (χ1v) is 16.5. The number of H-pyrrole nitrogens is 1. The number of anilines is 1. The van der Waals surface area contributed by atoms with E-state index < -0.39 is 36.4 Å². The van der Waals surface area contributed by atoms with Crippen molar-refractivity contribution in [1.29, 1.82) is 0 Å². The Labute approximate surface area is 263 Å². The Bertz CT molecular complexity index is 1390. The van der Waals surface area contributed by atoms with Crippen LogP contribution in [0.4, 0.5) is 14.9 Å². The van der Waals surface area contributed by atoms with Crippen molar-refractivity contribution in [1.82, 2.24) is 15.2 Å². The zero-order valence-electron chi connectivity index (χ0n) is 26.6. The molecule has 3 aliphatic rings. The molecule has 1 aromatic heterocycles. The summed E-state index contributed by atoms with van der Waals surface area (Å²) in [5, 5.41) is 15.7. The second-order valence-electron chi connectivity index (χ2n) is 14.1. The lowest BCUT2D eigenvalue weighted by Crippen LogP contribution is -2.50. The number of fused-ring (bicyclic) bond motifs is 1. The van der Waals surface area contributed by atoms with Crippen molar-refractivity contribution < 1.29 is 33.4 Å². The van der Waals surface area contributed by atoms with E-state index in [0.717, 1.165) is 32.1 Å². The second kappa shape index (κ2) is 13.8. The molecular formula is C34H47FN4O6. The van der Waals surface area contributed by atoms with Crippen LogP contribution in [0.15, 0.2) is 24.3 Å². The van der Waals surface area contributed by atoms with Gasteiger partial charge in [0.25, 0.3) is 0 Å². The van der Waals surface area contributed by atoms with Gasteiger partial charge in [-0.3, -0.25) is 9.59 Å². The fraction of sp³-hybridized carbons (Fsp3) is 0.647. The third-order valence-electron chi connectivity index (χ3n) is 9.93. The number of aromatic nitrogens is 1. The highest BCUT2D eigenvalue weighted by atomic mass is 19.1. The van der Waals surface area contributed by atoms with E-state index in [1.807, 2.05) is 0 Å². The van der Waals surface area contributed by atoms with Gasteiger partial charge in [0.15, 0.2) is 0 Å². The van der Waals surface area contributed by atoms with Gasteiger partial charge in [0.05, 0.1) is 6.04 Å². The van der Waals surface area contributed by atoms with E-state index in [4.69, 9.17) is 4.74 Å². The molecule has 246 valence electrons. The molecule has 3 atom stereocenters. The van der Waals surface area contributed by atoms with E-state index in [0.29, 0.717) is 54.7 Å². The van der Waals surface area contributed by atoms with Crippen LogP contribution in [0.5, 0.6) is 0 Å². The summed E-state index contributed by atoms with van der Waals surface area (Å²) in [5.74, 6) is -1.17. The van der Waals surface area contributed by atoms with Crippen LogP contribution in [0, 0.1) is 23.7 Å². The van der Waals surface area contributed by atoms with Crippen molar-refractivity contribution in [3.05, 3.63) is 30.0 Å². The van der Waals surface area contributed by atoms with Crippen molar-refractivity contribution in [3.8, 4) is 0 Å². The average Bonchev–Trinajstić information content (AvgIpc) is 3.64. The van der Waals surface area contributed by atoms with Gasteiger partial charge >= 0.3 is 12.1 Å². The monoisotopic (exact) mass is 626 g/mol. The van der Waals surface area contributed by atoms with Crippen LogP contribution in [0.1, 0.15) is 95.5 Å². The lowest BCUT2D eigenvalue weighted by atomic mass is 9.76. The Morgan fingerprint density at radius 2 is 1.73 bits per heavy atom. The SMILES string of the molecule is CC(C)(C)OC(=O)N[C@H](CF)C1CCC(C(=O)N2CC[C@@H](C3CCCCC3)[C@@H]2C(=O)Nc2ccc3[nH]c(C(=O)O)cc3c2)CC1. The van der Waals surface area contributed by atoms with Crippen molar-refractivity contribution in [3.63, 3.8) is 0 Å². The standard InChI is InChI=1S/C34H47FN4O6/c1-34(2,3)45-33(44)38-28(19-35)21-9-11-22(12-10-21)31(41)39-16-15-25(20-7-5-4-6-8-20)29(39)30(40)36-24-13-14-26-23(17-24)18-27(37-26)32(42)43/h13-14,17-18,20-22,25,28-29,37H,4-12,15-16,19H2,1-3H3,(H,36,40)(H,38,44)(H,42,43)/t21?,22?,25-,28+,29+/m0/s1. The first-order valence-electron chi connectivity index (χ1n) is 16.5. The number of ether oxygens (including phenoxy) is 1. The lowest BCUT2D eigenvalue weighted by molar-refractivity contribution is -0.142. The summed E-state index contributed by atoms with van der Waals surface area (Å²) >= 11 is 0. The number of alkyl carbamates (subject to hydrolysis) is 1. The van der Waals surface area contributed by atoms with Gasteiger partial charge in [0.1, 0.15) is 24.0 Å². The van der Waals surface area contributed by atoms with Gasteiger partial charge in [0.2, 0.25) is 11.8 Å². The minimum atomic E-state index is -1.05. The van der Waals surface area contributed by atoms with Crippen molar-refractivity contribution in [2.24, 2.45) is 23.7 Å². The molecule has 3 amide bonds. The van der Waals surface area contributed by atoms with Crippen LogP contribution in [-0.2, 0) is 14.3 Å². The highest BCUT2D eigenvalue weighted by Crippen LogP contribution is 2.41. The topological polar surface area (TPSA) is 141 Å². The lowest BCUT2D eigenvalue weighted by Gasteiger charge is -2.37. The molecule has 3 fully saturated rings. The molecular weight excluding hydrogens is 579 g/mol. The highest BCUT2D eigenvalue weighted by Gasteiger charge is 2.47. The van der Waals surface area contributed by atoms with E-state index in [1.54, 1.807) is 43.9 Å². The second-order valence-corrected chi connectivity index (χ2v) is 14.1. The fourth-order valence-electron chi connectivity index (χ4n) is 7.74. The molecule has 4 N–H and O–H groups in total. The Morgan fingerprint density at radius 3 is 2.38 bits per heavy atom. The number of benzene rings is 1. The summed E-state index contributed by atoms with van der Waals surface area (Å²) in [5.41, 5.74) is 0.615. The number of aromatic carboxylic acids is 1. The molecule has 1 saturated heterocycles. The van der Waals surface area contributed by atoms with E-state index >= 15 is 0 Å². The number of hydrogen-bond acceptors (Lipinski definition) is 5. The number of amides is 3. The molecule has 2 aliphatic carbocycles. The molecule has 1 aromatic carbocycles. The maximum absolute atomic E-state index is 14.0. The van der Waals surface area contributed by atoms with Crippen LogP contribution >= 0.6 is 0 Å². The number of hydrogen-bond donors (Lipinski definition) is 4. The molecule has 5 rings (SSSR count). The molecule has 0 bridgehead atoms. The fourth-order valence-corrected chi connectivity index (χ4v) is 7.74. The van der Waals surface area contributed by atoms with Gasteiger partial charge in [-0.2, -0.15) is 0 Å². The molecule has 0 unspecified atom stereocenters. The van der Waals surface area contributed by atoms with Crippen LogP contribution in [-0.4, -0.2) is 69.8 Å². The maximum Gasteiger partial charge on any atom is 0.407 e. The zero-order valence-corrected chi connectivity index (χ0v) is 26.6. The van der Waals surface area contributed by atoms with Crippen LogP contribution in [0.25, 0.3) is 10.9 Å². The Kier molecular flexibility index (Phi) is 10.0. The van der Waals surface area contributed by atoms with E-state index in [2.05, 4.69) is 15.6 Å². The molecule has 1 aliphatic heterocycles. The number of nitrogens with one attached hydrogen (secondary N) is 3. The highest BCUT2D eigenvalue weighted by molar-refractivity contribution is 6.00. The first kappa shape index (κ1) is 32.8. The summed E-state index contributed by atoms with van der Waals surface area (Å²) in [4.78, 5) is 56.4. The van der Waals surface area contributed by atoms with Gasteiger partial charge in [-0.1, -0.05) is 32.1 Å². The van der Waals surface area contributed by atoms with Crippen molar-refractivity contribution in [2.45, 2.75) is 103 Å². The van der Waals surface area contributed by atoms with Crippen LogP contribution in [0.3, 0.4) is 0 Å². The summed E-state index contributed by atoms with van der Waals surface area (Å²) in [6, 6.07) is 5.53. The van der Waals surface area contributed by atoms with Crippen LogP contribution < -0.4 is 10.6 Å². The molecule has 10 nitrogen and oxygen atoms in total. The molecule has 2 aromatic rings. The number of halogens is 1. The van der Waals surface area contributed by atoms with Gasteiger partial charge in [-0.25, -0.2) is 14.0 Å². The number of carbonyl (C=O) groups is 4. The smallest absolute Gasteiger partial charge is 0.407 e. The van der Waals surface area contributed by atoms with E-state index in [-0.39, 0.29) is 35.3 Å². The number of alkyl halides is 1. The predicted octanol–water partition coefficient (Wildman–Crippen LogP) is 6.27. The zero-order chi connectivity index (χ0) is 32.3. The third-order valence-corrected chi connectivity index (χ3v) is 9.93. The van der Waals surface area contributed by atoms with Crippen LogP contribution in [0.2, 0.25) is 0 Å². The van der Waals surface area contributed by atoms with Gasteiger partial charge in [0, 0.05) is 29.1 Å². The van der Waals surface area contributed by atoms with E-state index in [9.17, 15) is 28.7 Å². The minimum Gasteiger partial charge on any atom is -0.477 e. The summed E-state index contributed by atoms with van der Waals surface area (Å²) in [7, 11) is 0. The van der Waals surface area contributed by atoms with Gasteiger partial charge < -0.3 is 30.4 Å². The average molecular weight is 627 g/mol. The Morgan fingerprint density at radius 1 is 1.02 bits per heavy atom. The Hall–Kier alpha value is -3.63. The third kappa shape index (κ3) is 7.79. The maximum atomic E-state index is 14.0. The Balaban J connectivity index is 1.27.